The molecule has 2 unspecified atom stereocenters. The first kappa shape index (κ1) is 14.1. The molecule has 2 atom stereocenters. The molecule has 0 radical (unpaired) electrons. The number of hydrogen-bond acceptors (Lipinski definition) is 3. The Balaban J connectivity index is 1.61. The molecule has 0 aromatic carbocycles. The van der Waals surface area contributed by atoms with E-state index < -0.39 is 0 Å². The summed E-state index contributed by atoms with van der Waals surface area (Å²) < 4.78 is 2.21. The van der Waals surface area contributed by atoms with Gasteiger partial charge in [-0.2, -0.15) is 5.10 Å². The Labute approximate surface area is 122 Å². The average molecular weight is 276 g/mol. The third-order valence-corrected chi connectivity index (χ3v) is 5.00. The van der Waals surface area contributed by atoms with Gasteiger partial charge in [0.05, 0.1) is 11.7 Å². The van der Waals surface area contributed by atoms with Gasteiger partial charge in [-0.05, 0) is 32.3 Å². The summed E-state index contributed by atoms with van der Waals surface area (Å²) in [5.74, 6) is 0. The van der Waals surface area contributed by atoms with Gasteiger partial charge in [0.2, 0.25) is 0 Å². The van der Waals surface area contributed by atoms with E-state index in [1.165, 1.54) is 37.8 Å². The Morgan fingerprint density at radius 1 is 1.35 bits per heavy atom. The van der Waals surface area contributed by atoms with Gasteiger partial charge in [-0.1, -0.05) is 19.8 Å². The van der Waals surface area contributed by atoms with Crippen LogP contribution in [-0.2, 0) is 6.54 Å². The molecule has 1 saturated carbocycles. The monoisotopic (exact) mass is 276 g/mol. The highest BCUT2D eigenvalue weighted by molar-refractivity contribution is 5.01. The van der Waals surface area contributed by atoms with Crippen molar-refractivity contribution < 1.29 is 0 Å². The number of piperazine rings is 1. The summed E-state index contributed by atoms with van der Waals surface area (Å²) >= 11 is 0. The second-order valence-corrected chi connectivity index (χ2v) is 6.52. The van der Waals surface area contributed by atoms with E-state index in [1.54, 1.807) is 0 Å². The van der Waals surface area contributed by atoms with Gasteiger partial charge in [0.25, 0.3) is 0 Å². The molecule has 20 heavy (non-hydrogen) atoms. The van der Waals surface area contributed by atoms with Crippen LogP contribution in [0.3, 0.4) is 0 Å². The summed E-state index contributed by atoms with van der Waals surface area (Å²) in [6.07, 6.45) is 8.75. The Morgan fingerprint density at radius 3 is 2.90 bits per heavy atom. The van der Waals surface area contributed by atoms with Gasteiger partial charge in [0.1, 0.15) is 0 Å². The van der Waals surface area contributed by atoms with Crippen LogP contribution in [-0.4, -0.2) is 39.9 Å². The average Bonchev–Trinajstić information content (AvgIpc) is 3.12. The van der Waals surface area contributed by atoms with E-state index in [0.717, 1.165) is 19.6 Å². The SMILES string of the molecule is CCC1CN(Cc2ccn(C3CCCC3)n2)C(C)CN1. The third-order valence-electron chi connectivity index (χ3n) is 5.00. The first-order valence-electron chi connectivity index (χ1n) is 8.27. The standard InChI is InChI=1S/C16H28N4/c1-3-14-11-19(13(2)10-17-14)12-15-8-9-20(18-15)16-6-4-5-7-16/h8-9,13-14,16-17H,3-7,10-12H2,1-2H3. The van der Waals surface area contributed by atoms with Gasteiger partial charge >= 0.3 is 0 Å². The minimum absolute atomic E-state index is 0.606. The molecule has 4 nitrogen and oxygen atoms in total. The highest BCUT2D eigenvalue weighted by Gasteiger charge is 2.25. The van der Waals surface area contributed by atoms with Crippen molar-refractivity contribution in [1.29, 1.82) is 0 Å². The van der Waals surface area contributed by atoms with E-state index in [2.05, 4.69) is 41.0 Å². The molecule has 1 N–H and O–H groups in total. The summed E-state index contributed by atoms with van der Waals surface area (Å²) in [5, 5.41) is 8.44. The molecule has 1 saturated heterocycles. The number of rotatable bonds is 4. The van der Waals surface area contributed by atoms with Crippen LogP contribution in [0.5, 0.6) is 0 Å². The van der Waals surface area contributed by atoms with Crippen LogP contribution in [0.1, 0.15) is 57.7 Å². The third kappa shape index (κ3) is 3.07. The van der Waals surface area contributed by atoms with Crippen molar-refractivity contribution in [1.82, 2.24) is 20.0 Å². The largest absolute Gasteiger partial charge is 0.311 e. The topological polar surface area (TPSA) is 33.1 Å². The lowest BCUT2D eigenvalue weighted by Crippen LogP contribution is -2.54. The van der Waals surface area contributed by atoms with Gasteiger partial charge in [0, 0.05) is 37.9 Å². The Hall–Kier alpha value is -0.870. The maximum atomic E-state index is 4.83. The van der Waals surface area contributed by atoms with Gasteiger partial charge in [-0.25, -0.2) is 0 Å². The number of hydrogen-bond donors (Lipinski definition) is 1. The summed E-state index contributed by atoms with van der Waals surface area (Å²) in [4.78, 5) is 2.58. The smallest absolute Gasteiger partial charge is 0.0765 e. The van der Waals surface area contributed by atoms with Gasteiger partial charge in [-0.15, -0.1) is 0 Å². The predicted octanol–water partition coefficient (Wildman–Crippen LogP) is 2.57. The van der Waals surface area contributed by atoms with Crippen molar-refractivity contribution in [3.05, 3.63) is 18.0 Å². The van der Waals surface area contributed by atoms with Crippen LogP contribution in [0, 0.1) is 0 Å². The highest BCUT2D eigenvalue weighted by atomic mass is 15.3. The fourth-order valence-corrected chi connectivity index (χ4v) is 3.53. The molecular weight excluding hydrogens is 248 g/mol. The van der Waals surface area contributed by atoms with E-state index in [4.69, 9.17) is 5.10 Å². The quantitative estimate of drug-likeness (QED) is 0.917. The Bertz CT molecular complexity index is 422. The Kier molecular flexibility index (Phi) is 4.41. The van der Waals surface area contributed by atoms with Crippen molar-refractivity contribution in [3.8, 4) is 0 Å². The van der Waals surface area contributed by atoms with Crippen LogP contribution in [0.15, 0.2) is 12.3 Å². The molecule has 1 aromatic heterocycles. The molecular formula is C16H28N4. The minimum Gasteiger partial charge on any atom is -0.311 e. The van der Waals surface area contributed by atoms with Crippen LogP contribution in [0.2, 0.25) is 0 Å². The number of aromatic nitrogens is 2. The van der Waals surface area contributed by atoms with Crippen molar-refractivity contribution in [2.45, 2.75) is 70.6 Å². The van der Waals surface area contributed by atoms with Crippen LogP contribution >= 0.6 is 0 Å². The molecule has 112 valence electrons. The summed E-state index contributed by atoms with van der Waals surface area (Å²) in [6.45, 7) is 7.82. The molecule has 1 aliphatic carbocycles. The van der Waals surface area contributed by atoms with E-state index in [-0.39, 0.29) is 0 Å². The Morgan fingerprint density at radius 2 is 2.15 bits per heavy atom. The molecule has 2 fully saturated rings. The lowest BCUT2D eigenvalue weighted by Gasteiger charge is -2.38. The summed E-state index contributed by atoms with van der Waals surface area (Å²) in [6, 6.07) is 4.12. The highest BCUT2D eigenvalue weighted by Crippen LogP contribution is 2.28. The molecule has 3 rings (SSSR count). The molecule has 4 heteroatoms. The van der Waals surface area contributed by atoms with Gasteiger partial charge in [-0.3, -0.25) is 9.58 Å². The molecule has 1 aliphatic heterocycles. The van der Waals surface area contributed by atoms with Crippen molar-refractivity contribution >= 4 is 0 Å². The molecule has 0 spiro atoms. The molecule has 0 bridgehead atoms. The summed E-state index contributed by atoms with van der Waals surface area (Å²) in [7, 11) is 0. The number of nitrogens with zero attached hydrogens (tertiary/aromatic N) is 3. The normalized spacial score (nSPS) is 29.1. The fraction of sp³-hybridized carbons (Fsp3) is 0.812. The van der Waals surface area contributed by atoms with Crippen molar-refractivity contribution in [2.24, 2.45) is 0 Å². The zero-order chi connectivity index (χ0) is 13.9. The van der Waals surface area contributed by atoms with Crippen LogP contribution < -0.4 is 5.32 Å². The first-order valence-corrected chi connectivity index (χ1v) is 8.27. The van der Waals surface area contributed by atoms with Crippen LogP contribution in [0.4, 0.5) is 0 Å². The molecule has 2 aliphatic rings. The van der Waals surface area contributed by atoms with Crippen molar-refractivity contribution in [3.63, 3.8) is 0 Å². The zero-order valence-electron chi connectivity index (χ0n) is 12.9. The molecule has 1 aromatic rings. The lowest BCUT2D eigenvalue weighted by atomic mass is 10.1. The van der Waals surface area contributed by atoms with Crippen LogP contribution in [0.25, 0.3) is 0 Å². The van der Waals surface area contributed by atoms with E-state index in [0.29, 0.717) is 18.1 Å². The fourth-order valence-electron chi connectivity index (χ4n) is 3.53. The van der Waals surface area contributed by atoms with E-state index in [1.807, 2.05) is 0 Å². The number of nitrogens with one attached hydrogen (secondary N) is 1. The maximum absolute atomic E-state index is 4.83. The first-order chi connectivity index (χ1) is 9.76. The second kappa shape index (κ2) is 6.27. The van der Waals surface area contributed by atoms with Gasteiger partial charge in [0.15, 0.2) is 0 Å². The van der Waals surface area contributed by atoms with Crippen molar-refractivity contribution in [2.75, 3.05) is 13.1 Å². The second-order valence-electron chi connectivity index (χ2n) is 6.52. The summed E-state index contributed by atoms with van der Waals surface area (Å²) in [5.41, 5.74) is 1.24. The van der Waals surface area contributed by atoms with E-state index in [9.17, 15) is 0 Å². The lowest BCUT2D eigenvalue weighted by molar-refractivity contribution is 0.129. The molecule has 0 amide bonds. The zero-order valence-corrected chi connectivity index (χ0v) is 12.9. The molecule has 2 heterocycles. The predicted molar refractivity (Wildman–Crippen MR) is 81.7 cm³/mol. The van der Waals surface area contributed by atoms with Gasteiger partial charge < -0.3 is 5.32 Å². The minimum atomic E-state index is 0.606. The maximum Gasteiger partial charge on any atom is 0.0765 e. The van der Waals surface area contributed by atoms with E-state index >= 15 is 0 Å².